The molecular weight excluding hydrogens is 284 g/mol. The quantitative estimate of drug-likeness (QED) is 0.333. The molecule has 10 heteroatoms. The molecule has 6 N–H and O–H groups in total. The van der Waals surface area contributed by atoms with Crippen molar-refractivity contribution in [3.8, 4) is 0 Å². The van der Waals surface area contributed by atoms with E-state index in [4.69, 9.17) is 20.4 Å². The zero-order valence-corrected chi connectivity index (χ0v) is 11.1. The van der Waals surface area contributed by atoms with Crippen LogP contribution in [0.15, 0.2) is 11.0 Å². The van der Waals surface area contributed by atoms with Gasteiger partial charge in [0.15, 0.2) is 11.9 Å². The lowest BCUT2D eigenvalue weighted by Gasteiger charge is -2.09. The highest BCUT2D eigenvalue weighted by Crippen LogP contribution is 2.18. The first-order chi connectivity index (χ1) is 9.93. The molecule has 0 amide bonds. The van der Waals surface area contributed by atoms with Gasteiger partial charge >= 0.3 is 0 Å². The second-order valence-corrected chi connectivity index (χ2v) is 4.51. The second kappa shape index (κ2) is 6.28. The minimum Gasteiger partial charge on any atom is -0.394 e. The summed E-state index contributed by atoms with van der Waals surface area (Å²) in [6.07, 6.45) is -3.30. The van der Waals surface area contributed by atoms with Crippen molar-refractivity contribution >= 4 is 11.0 Å². The number of hydrogen-bond donors (Lipinski definition) is 6. The van der Waals surface area contributed by atoms with E-state index in [-0.39, 0.29) is 5.56 Å². The molecular formula is C11H16N4O6. The molecule has 4 atom stereocenters. The van der Waals surface area contributed by atoms with E-state index < -0.39 is 31.2 Å². The molecule has 10 nitrogen and oxygen atoms in total. The van der Waals surface area contributed by atoms with Crippen LogP contribution >= 0.6 is 0 Å². The number of aromatic amines is 2. The van der Waals surface area contributed by atoms with Crippen LogP contribution in [0.2, 0.25) is 0 Å². The minimum atomic E-state index is -1.38. The van der Waals surface area contributed by atoms with Gasteiger partial charge in [-0.05, 0) is 6.92 Å². The van der Waals surface area contributed by atoms with E-state index in [1.807, 2.05) is 0 Å². The first-order valence-corrected chi connectivity index (χ1v) is 6.14. The summed E-state index contributed by atoms with van der Waals surface area (Å²) in [4.78, 5) is 17.7. The summed E-state index contributed by atoms with van der Waals surface area (Å²) in [5.74, 6) is 0.590. The van der Waals surface area contributed by atoms with Crippen molar-refractivity contribution in [1.82, 2.24) is 20.2 Å². The Morgan fingerprint density at radius 3 is 2.57 bits per heavy atom. The van der Waals surface area contributed by atoms with Gasteiger partial charge in [-0.2, -0.15) is 5.10 Å². The predicted molar refractivity (Wildman–Crippen MR) is 69.2 cm³/mol. The van der Waals surface area contributed by atoms with Crippen LogP contribution in [0.1, 0.15) is 5.82 Å². The zero-order valence-electron chi connectivity index (χ0n) is 11.1. The Hall–Kier alpha value is -1.85. The van der Waals surface area contributed by atoms with Gasteiger partial charge in [-0.25, -0.2) is 4.98 Å². The van der Waals surface area contributed by atoms with Gasteiger partial charge in [0, 0.05) is 0 Å². The summed E-state index contributed by atoms with van der Waals surface area (Å²) in [5.41, 5.74) is 0.382. The summed E-state index contributed by atoms with van der Waals surface area (Å²) >= 11 is 0. The maximum Gasteiger partial charge on any atom is 0.262 e. The molecule has 3 heterocycles. The van der Waals surface area contributed by atoms with Crippen LogP contribution in [-0.2, 0) is 4.74 Å². The summed E-state index contributed by atoms with van der Waals surface area (Å²) < 4.78 is 4.54. The van der Waals surface area contributed by atoms with Crippen LogP contribution in [0.4, 0.5) is 0 Å². The van der Waals surface area contributed by atoms with E-state index in [0.29, 0.717) is 16.9 Å². The Morgan fingerprint density at radius 1 is 1.33 bits per heavy atom. The molecule has 0 bridgehead atoms. The van der Waals surface area contributed by atoms with Crippen molar-refractivity contribution in [1.29, 1.82) is 0 Å². The summed E-state index contributed by atoms with van der Waals surface area (Å²) in [6, 6.07) is 0. The molecule has 1 aliphatic rings. The number of aromatic nitrogens is 4. The maximum atomic E-state index is 11.1. The highest BCUT2D eigenvalue weighted by molar-refractivity contribution is 5.71. The Labute approximate surface area is 118 Å². The zero-order chi connectivity index (χ0) is 15.6. The molecule has 2 aromatic heterocycles. The van der Waals surface area contributed by atoms with E-state index >= 15 is 0 Å². The van der Waals surface area contributed by atoms with Crippen LogP contribution in [0.25, 0.3) is 11.0 Å². The molecule has 0 saturated carbocycles. The number of aryl methyl sites for hydroxylation is 1. The van der Waals surface area contributed by atoms with Gasteiger partial charge in [0.25, 0.3) is 5.56 Å². The number of rotatable bonds is 1. The molecule has 0 radical (unpaired) electrons. The van der Waals surface area contributed by atoms with Gasteiger partial charge in [0.1, 0.15) is 29.5 Å². The fourth-order valence-corrected chi connectivity index (χ4v) is 1.84. The van der Waals surface area contributed by atoms with Crippen LogP contribution < -0.4 is 5.56 Å². The molecule has 0 spiro atoms. The maximum absolute atomic E-state index is 11.1. The minimum absolute atomic E-state index is 0.152. The van der Waals surface area contributed by atoms with Crippen molar-refractivity contribution in [2.75, 3.05) is 6.61 Å². The van der Waals surface area contributed by atoms with Gasteiger partial charge in [0.05, 0.1) is 12.8 Å². The number of aliphatic hydroxyl groups is 4. The first-order valence-electron chi connectivity index (χ1n) is 6.14. The Kier molecular flexibility index (Phi) is 4.65. The normalized spacial score (nSPS) is 28.4. The predicted octanol–water partition coefficient (Wildman–Crippen LogP) is -2.63. The Balaban J connectivity index is 0.000000155. The molecule has 1 unspecified atom stereocenters. The fraction of sp³-hybridized carbons (Fsp3) is 0.545. The average Bonchev–Trinajstić information content (AvgIpc) is 3.00. The Bertz CT molecular complexity index is 655. The summed E-state index contributed by atoms with van der Waals surface area (Å²) in [6.45, 7) is 1.32. The number of ether oxygens (including phenoxy) is 1. The van der Waals surface area contributed by atoms with Gasteiger partial charge in [-0.15, -0.1) is 0 Å². The molecule has 0 aromatic carbocycles. The van der Waals surface area contributed by atoms with Gasteiger partial charge < -0.3 is 30.1 Å². The van der Waals surface area contributed by atoms with Crippen LogP contribution in [0.3, 0.4) is 0 Å². The van der Waals surface area contributed by atoms with Crippen molar-refractivity contribution in [2.24, 2.45) is 0 Å². The fourth-order valence-electron chi connectivity index (χ4n) is 1.84. The third kappa shape index (κ3) is 3.25. The Morgan fingerprint density at radius 2 is 2.05 bits per heavy atom. The van der Waals surface area contributed by atoms with Crippen molar-refractivity contribution in [3.05, 3.63) is 22.4 Å². The van der Waals surface area contributed by atoms with Crippen molar-refractivity contribution in [2.45, 2.75) is 31.5 Å². The third-order valence-corrected chi connectivity index (χ3v) is 2.95. The third-order valence-electron chi connectivity index (χ3n) is 2.95. The lowest BCUT2D eigenvalue weighted by molar-refractivity contribution is -0.132. The SMILES string of the molecule is Cc1nc2[nH]ncc2c(=O)[nH]1.OC[C@H]1OC(O)[C@H](O)[C@@H]1O. The highest BCUT2D eigenvalue weighted by Gasteiger charge is 2.41. The topological polar surface area (TPSA) is 165 Å². The average molecular weight is 300 g/mol. The van der Waals surface area contributed by atoms with Crippen molar-refractivity contribution < 1.29 is 25.2 Å². The van der Waals surface area contributed by atoms with E-state index in [9.17, 15) is 4.79 Å². The summed E-state index contributed by atoms with van der Waals surface area (Å²) in [7, 11) is 0. The van der Waals surface area contributed by atoms with Gasteiger partial charge in [-0.3, -0.25) is 9.89 Å². The number of hydrogen-bond acceptors (Lipinski definition) is 8. The molecule has 1 saturated heterocycles. The molecule has 1 aliphatic heterocycles. The number of aliphatic hydroxyl groups excluding tert-OH is 4. The number of H-pyrrole nitrogens is 2. The van der Waals surface area contributed by atoms with E-state index in [1.165, 1.54) is 6.20 Å². The highest BCUT2D eigenvalue weighted by atomic mass is 16.6. The smallest absolute Gasteiger partial charge is 0.262 e. The molecule has 116 valence electrons. The van der Waals surface area contributed by atoms with Crippen LogP contribution in [0, 0.1) is 6.92 Å². The molecule has 21 heavy (non-hydrogen) atoms. The van der Waals surface area contributed by atoms with Crippen molar-refractivity contribution in [3.63, 3.8) is 0 Å². The molecule has 1 fully saturated rings. The second-order valence-electron chi connectivity index (χ2n) is 4.51. The number of fused-ring (bicyclic) bond motifs is 1. The molecule has 0 aliphatic carbocycles. The lowest BCUT2D eigenvalue weighted by atomic mass is 10.1. The standard InChI is InChI=1S/C6H6N4O.C5H10O5/c1-3-8-5-4(2-7-10-5)6(11)9-3;6-1-2-3(7)4(8)5(9)10-2/h2H,1H3,(H2,7,8,9,10,11);2-9H,1H2/t;2-,3-,4-,5?/m.1/s1. The molecule has 2 aromatic rings. The molecule has 3 rings (SSSR count). The monoisotopic (exact) mass is 300 g/mol. The van der Waals surface area contributed by atoms with E-state index in [1.54, 1.807) is 6.92 Å². The lowest BCUT2D eigenvalue weighted by Crippen LogP contribution is -2.33. The van der Waals surface area contributed by atoms with Gasteiger partial charge in [0.2, 0.25) is 0 Å². The number of nitrogens with zero attached hydrogens (tertiary/aromatic N) is 2. The first kappa shape index (κ1) is 15.5. The number of nitrogens with one attached hydrogen (secondary N) is 2. The van der Waals surface area contributed by atoms with Crippen LogP contribution in [-0.4, -0.2) is 71.8 Å². The van der Waals surface area contributed by atoms with Crippen LogP contribution in [0.5, 0.6) is 0 Å². The van der Waals surface area contributed by atoms with Gasteiger partial charge in [-0.1, -0.05) is 0 Å². The largest absolute Gasteiger partial charge is 0.394 e. The van der Waals surface area contributed by atoms with E-state index in [2.05, 4.69) is 24.9 Å². The van der Waals surface area contributed by atoms with E-state index in [0.717, 1.165) is 0 Å². The summed E-state index contributed by atoms with van der Waals surface area (Å²) in [5, 5.41) is 41.8.